The number of benzene rings is 6. The molecule has 23 heteroatoms. The molecular weight excluding hydrogens is 968 g/mol. The van der Waals surface area contributed by atoms with Crippen molar-refractivity contribution in [1.82, 2.24) is 0 Å². The first-order chi connectivity index (χ1) is 31.8. The van der Waals surface area contributed by atoms with Crippen LogP contribution in [-0.4, -0.2) is 60.2 Å². The van der Waals surface area contributed by atoms with Crippen LogP contribution < -0.4 is 20.1 Å². The molecule has 9 N–H and O–H groups in total. The summed E-state index contributed by atoms with van der Waals surface area (Å²) in [5.41, 5.74) is -0.508. The summed E-state index contributed by atoms with van der Waals surface area (Å²) in [4.78, 5) is 35.8. The number of carboxylic acids is 1. The molecule has 0 unspecified atom stereocenters. The first-order valence-corrected chi connectivity index (χ1v) is 22.3. The molecule has 6 aromatic carbocycles. The molecule has 0 bridgehead atoms. The van der Waals surface area contributed by atoms with E-state index in [9.17, 15) is 56.8 Å². The Kier molecular flexibility index (Phi) is 18.2. The minimum atomic E-state index is -4.29. The molecule has 0 aromatic heterocycles. The van der Waals surface area contributed by atoms with E-state index in [2.05, 4.69) is 40.5 Å². The van der Waals surface area contributed by atoms with Gasteiger partial charge < -0.3 is 36.2 Å². The van der Waals surface area contributed by atoms with Gasteiger partial charge in [-0.25, -0.2) is 21.6 Å². The van der Waals surface area contributed by atoms with Crippen molar-refractivity contribution in [3.8, 4) is 11.5 Å². The van der Waals surface area contributed by atoms with E-state index in [1.54, 1.807) is 91.0 Å². The van der Waals surface area contributed by atoms with E-state index in [0.717, 1.165) is 30.3 Å². The molecule has 20 nitrogen and oxygen atoms in total. The number of hydrogen-bond donors (Lipinski definition) is 9. The molecule has 1 radical (unpaired) electrons. The third-order valence-electron chi connectivity index (χ3n) is 8.64. The number of aromatic hydroxyl groups is 2. The Labute approximate surface area is 399 Å². The van der Waals surface area contributed by atoms with Crippen molar-refractivity contribution in [1.29, 1.82) is 0 Å². The van der Waals surface area contributed by atoms with E-state index in [1.165, 1.54) is 44.2 Å². The van der Waals surface area contributed by atoms with Crippen molar-refractivity contribution in [2.75, 3.05) is 20.1 Å². The van der Waals surface area contributed by atoms with E-state index in [0.29, 0.717) is 17.1 Å². The van der Waals surface area contributed by atoms with Crippen molar-refractivity contribution in [3.05, 3.63) is 180 Å². The number of para-hydroxylation sites is 4. The Morgan fingerprint density at radius 3 is 1.25 bits per heavy atom. The summed E-state index contributed by atoms with van der Waals surface area (Å²) >= 11 is 0. The molecule has 0 aliphatic heterocycles. The SMILES string of the molecule is C/C(O)=C(/N=Nc1cc(S(=O)(=O)Nc2ccccc2)ccc1O)C(=O)Nc1ccccc1.C/C(O)=C(/N=Nc1cc(S(=O)(=O)Nc2ccccc2C(=O)O)ccc1O)C(=O)Nc1ccccc1.[Co]. The second-order valence-electron chi connectivity index (χ2n) is 13.6. The molecule has 0 saturated heterocycles. The predicted octanol–water partition coefficient (Wildman–Crippen LogP) is 9.11. The number of nitrogens with one attached hydrogen (secondary N) is 4. The van der Waals surface area contributed by atoms with Crippen LogP contribution in [0.5, 0.6) is 11.5 Å². The van der Waals surface area contributed by atoms with Crippen LogP contribution in [0, 0.1) is 0 Å². The number of rotatable bonds is 15. The summed E-state index contributed by atoms with van der Waals surface area (Å²) in [7, 11) is -8.26. The molecule has 353 valence electrons. The largest absolute Gasteiger partial charge is 0.510 e. The van der Waals surface area contributed by atoms with Gasteiger partial charge in [0.25, 0.3) is 31.9 Å². The number of carbonyl (C=O) groups is 3. The Morgan fingerprint density at radius 1 is 0.485 bits per heavy atom. The number of azo groups is 2. The van der Waals surface area contributed by atoms with Gasteiger partial charge in [-0.05, 0) is 98.8 Å². The van der Waals surface area contributed by atoms with Crippen LogP contribution in [0.1, 0.15) is 24.2 Å². The molecule has 0 heterocycles. The molecule has 0 saturated carbocycles. The van der Waals surface area contributed by atoms with Gasteiger partial charge in [-0.1, -0.05) is 66.7 Å². The van der Waals surface area contributed by atoms with Gasteiger partial charge in [0.05, 0.1) is 21.0 Å². The Hall–Kier alpha value is -8.38. The predicted molar refractivity (Wildman–Crippen MR) is 248 cm³/mol. The van der Waals surface area contributed by atoms with E-state index in [-0.39, 0.29) is 54.9 Å². The van der Waals surface area contributed by atoms with E-state index in [1.807, 2.05) is 0 Å². The molecule has 0 fully saturated rings. The minimum Gasteiger partial charge on any atom is -0.510 e. The second-order valence-corrected chi connectivity index (χ2v) is 17.0. The molecule has 68 heavy (non-hydrogen) atoms. The maximum atomic E-state index is 12.8. The molecule has 0 atom stereocenters. The monoisotopic (exact) mass is 1010 g/mol. The van der Waals surface area contributed by atoms with Gasteiger partial charge in [-0.3, -0.25) is 19.0 Å². The number of carbonyl (C=O) groups excluding carboxylic acids is 2. The molecule has 0 spiro atoms. The standard InChI is InChI=1S/C23H20N4O7S.C22H20N4O5S.Co/c1-14(28)21(22(30)24-15-7-3-2-4-8-15)26-25-19-13-16(11-12-20(19)29)35(33,34)27-18-10-6-5-9-17(18)23(31)32;1-15(27)21(22(29)23-16-8-4-2-5-9-16)25-24-19-14-18(12-13-20(19)28)32(30,31)26-17-10-6-3-7-11-17;/h2-13,27-29H,1H3,(H,24,30)(H,31,32);2-14,26-28H,1H3,(H,23,29);/b21-14-,26-25?;21-15-,25-24?;. The van der Waals surface area contributed by atoms with Gasteiger partial charge in [0, 0.05) is 33.8 Å². The zero-order valence-corrected chi connectivity index (χ0v) is 38.1. The number of anilines is 4. The van der Waals surface area contributed by atoms with Crippen molar-refractivity contribution in [2.45, 2.75) is 23.6 Å². The quantitative estimate of drug-likeness (QED) is 0.0264. The fourth-order valence-electron chi connectivity index (χ4n) is 5.38. The average Bonchev–Trinajstić information content (AvgIpc) is 3.28. The fourth-order valence-corrected chi connectivity index (χ4v) is 7.56. The number of phenolic OH excluding ortho intramolecular Hbond substituents is 2. The van der Waals surface area contributed by atoms with Crippen LogP contribution in [0.3, 0.4) is 0 Å². The number of aromatic carboxylic acids is 1. The third kappa shape index (κ3) is 14.6. The summed E-state index contributed by atoms with van der Waals surface area (Å²) in [6.07, 6.45) is 0. The maximum Gasteiger partial charge on any atom is 0.337 e. The van der Waals surface area contributed by atoms with Crippen molar-refractivity contribution in [2.24, 2.45) is 20.5 Å². The number of amides is 2. The topological polar surface area (TPSA) is 318 Å². The smallest absolute Gasteiger partial charge is 0.337 e. The number of phenols is 2. The van der Waals surface area contributed by atoms with Gasteiger partial charge in [-0.2, -0.15) is 0 Å². The minimum absolute atomic E-state index is 0. The Balaban J connectivity index is 0.000000293. The Bertz CT molecular complexity index is 3130. The number of allylic oxidation sites excluding steroid dienone is 2. The average molecular weight is 1010 g/mol. The second kappa shape index (κ2) is 23.7. The number of nitrogens with zero attached hydrogens (tertiary/aromatic N) is 4. The molecule has 0 aliphatic carbocycles. The summed E-state index contributed by atoms with van der Waals surface area (Å²) in [6.45, 7) is 2.47. The van der Waals surface area contributed by atoms with Crippen LogP contribution >= 0.6 is 0 Å². The molecule has 0 aliphatic rings. The van der Waals surface area contributed by atoms with Gasteiger partial charge >= 0.3 is 5.97 Å². The van der Waals surface area contributed by atoms with Gasteiger partial charge in [0.2, 0.25) is 0 Å². The van der Waals surface area contributed by atoms with Gasteiger partial charge in [-0.15, -0.1) is 20.5 Å². The van der Waals surface area contributed by atoms with Gasteiger partial charge in [0.15, 0.2) is 11.4 Å². The first kappa shape index (κ1) is 52.2. The summed E-state index contributed by atoms with van der Waals surface area (Å²) in [6, 6.07) is 37.2. The normalized spacial score (nSPS) is 12.0. The zero-order chi connectivity index (χ0) is 48.7. The van der Waals surface area contributed by atoms with E-state index >= 15 is 0 Å². The van der Waals surface area contributed by atoms with Crippen LogP contribution in [0.2, 0.25) is 0 Å². The summed E-state index contributed by atoms with van der Waals surface area (Å²) in [5, 5.41) is 69.2. The van der Waals surface area contributed by atoms with Crippen LogP contribution in [-0.2, 0) is 46.4 Å². The number of carboxylic acid groups (broad SMARTS) is 1. The zero-order valence-electron chi connectivity index (χ0n) is 35.5. The molecule has 2 amide bonds. The third-order valence-corrected chi connectivity index (χ3v) is 11.4. The summed E-state index contributed by atoms with van der Waals surface area (Å²) in [5.74, 6) is -4.50. The number of aliphatic hydroxyl groups is 2. The Morgan fingerprint density at radius 2 is 0.853 bits per heavy atom. The fraction of sp³-hybridized carbons (Fsp3) is 0.0444. The van der Waals surface area contributed by atoms with Crippen molar-refractivity contribution in [3.63, 3.8) is 0 Å². The van der Waals surface area contributed by atoms with E-state index in [4.69, 9.17) is 0 Å². The van der Waals surface area contributed by atoms with Crippen molar-refractivity contribution < 1.29 is 73.5 Å². The molecular formula is C45H40CoN8O12S2. The molecule has 6 rings (SSSR count). The number of hydrogen-bond acceptors (Lipinski definition) is 15. The summed E-state index contributed by atoms with van der Waals surface area (Å²) < 4.78 is 55.5. The van der Waals surface area contributed by atoms with Gasteiger partial charge in [0.1, 0.15) is 34.4 Å². The maximum absolute atomic E-state index is 12.8. The first-order valence-electron chi connectivity index (χ1n) is 19.3. The number of aliphatic hydroxyl groups excluding tert-OH is 2. The van der Waals surface area contributed by atoms with Crippen LogP contribution in [0.4, 0.5) is 34.1 Å². The van der Waals surface area contributed by atoms with Crippen LogP contribution in [0.15, 0.2) is 205 Å². The van der Waals surface area contributed by atoms with E-state index < -0.39 is 66.5 Å². The molecule has 6 aromatic rings. The number of sulfonamides is 2. The van der Waals surface area contributed by atoms with Crippen molar-refractivity contribution >= 4 is 72.0 Å². The van der Waals surface area contributed by atoms with Crippen LogP contribution in [0.25, 0.3) is 0 Å².